The Labute approximate surface area is 163 Å². The fourth-order valence-corrected chi connectivity index (χ4v) is 3.54. The SMILES string of the molecule is CCCCCCCCCCCCCCCCCC(=O)c1ccc(C)cc1. The minimum atomic E-state index is 0.305. The minimum Gasteiger partial charge on any atom is -0.294 e. The fourth-order valence-electron chi connectivity index (χ4n) is 3.54. The Morgan fingerprint density at radius 1 is 0.615 bits per heavy atom. The van der Waals surface area contributed by atoms with Crippen LogP contribution in [0.15, 0.2) is 24.3 Å². The van der Waals surface area contributed by atoms with Crippen LogP contribution < -0.4 is 0 Å². The van der Waals surface area contributed by atoms with Crippen molar-refractivity contribution in [2.45, 2.75) is 117 Å². The van der Waals surface area contributed by atoms with Gasteiger partial charge in [0.2, 0.25) is 0 Å². The smallest absolute Gasteiger partial charge is 0.162 e. The molecule has 0 saturated heterocycles. The highest BCUT2D eigenvalue weighted by atomic mass is 16.1. The molecule has 0 aromatic heterocycles. The first-order valence-corrected chi connectivity index (χ1v) is 11.3. The van der Waals surface area contributed by atoms with Crippen LogP contribution in [0.5, 0.6) is 0 Å². The third kappa shape index (κ3) is 12.3. The van der Waals surface area contributed by atoms with E-state index < -0.39 is 0 Å². The molecular weight excluding hydrogens is 316 g/mol. The largest absolute Gasteiger partial charge is 0.294 e. The Morgan fingerprint density at radius 3 is 1.42 bits per heavy atom. The van der Waals surface area contributed by atoms with Crippen molar-refractivity contribution in [2.75, 3.05) is 0 Å². The van der Waals surface area contributed by atoms with E-state index in [1.165, 1.54) is 95.5 Å². The molecular formula is C25H42O. The van der Waals surface area contributed by atoms with Crippen molar-refractivity contribution in [3.05, 3.63) is 35.4 Å². The lowest BCUT2D eigenvalue weighted by Gasteiger charge is -2.04. The highest BCUT2D eigenvalue weighted by Crippen LogP contribution is 2.14. The normalized spacial score (nSPS) is 11.0. The van der Waals surface area contributed by atoms with E-state index in [1.54, 1.807) is 0 Å². The van der Waals surface area contributed by atoms with Gasteiger partial charge in [0.1, 0.15) is 0 Å². The van der Waals surface area contributed by atoms with Crippen molar-refractivity contribution < 1.29 is 4.79 Å². The quantitative estimate of drug-likeness (QED) is 0.202. The summed E-state index contributed by atoms with van der Waals surface area (Å²) in [7, 11) is 0. The van der Waals surface area contributed by atoms with Crippen molar-refractivity contribution in [2.24, 2.45) is 0 Å². The Morgan fingerprint density at radius 2 is 1.00 bits per heavy atom. The molecule has 1 aromatic carbocycles. The van der Waals surface area contributed by atoms with Crippen molar-refractivity contribution in [1.82, 2.24) is 0 Å². The third-order valence-corrected chi connectivity index (χ3v) is 5.38. The lowest BCUT2D eigenvalue weighted by Crippen LogP contribution is -1.98. The van der Waals surface area contributed by atoms with E-state index >= 15 is 0 Å². The van der Waals surface area contributed by atoms with Gasteiger partial charge in [-0.05, 0) is 13.3 Å². The van der Waals surface area contributed by atoms with Gasteiger partial charge in [-0.3, -0.25) is 4.79 Å². The van der Waals surface area contributed by atoms with Crippen LogP contribution in [-0.2, 0) is 0 Å². The summed E-state index contributed by atoms with van der Waals surface area (Å²) >= 11 is 0. The maximum absolute atomic E-state index is 12.1. The zero-order chi connectivity index (χ0) is 18.9. The van der Waals surface area contributed by atoms with Crippen LogP contribution in [-0.4, -0.2) is 5.78 Å². The number of ketones is 1. The first-order valence-electron chi connectivity index (χ1n) is 11.3. The van der Waals surface area contributed by atoms with Crippen LogP contribution >= 0.6 is 0 Å². The Balaban J connectivity index is 1.82. The first-order chi connectivity index (χ1) is 12.7. The van der Waals surface area contributed by atoms with Gasteiger partial charge in [-0.2, -0.15) is 0 Å². The van der Waals surface area contributed by atoms with E-state index in [4.69, 9.17) is 0 Å². The second-order valence-electron chi connectivity index (χ2n) is 7.99. The van der Waals surface area contributed by atoms with Crippen molar-refractivity contribution in [1.29, 1.82) is 0 Å². The van der Waals surface area contributed by atoms with Crippen LogP contribution in [0.3, 0.4) is 0 Å². The molecule has 0 spiro atoms. The molecule has 0 fully saturated rings. The van der Waals surface area contributed by atoms with Crippen molar-refractivity contribution in [3.8, 4) is 0 Å². The number of hydrogen-bond acceptors (Lipinski definition) is 1. The molecule has 148 valence electrons. The number of carbonyl (C=O) groups excluding carboxylic acids is 1. The van der Waals surface area contributed by atoms with Gasteiger partial charge in [0.25, 0.3) is 0 Å². The summed E-state index contributed by atoms with van der Waals surface area (Å²) in [6, 6.07) is 7.98. The molecule has 1 nitrogen and oxygen atoms in total. The highest BCUT2D eigenvalue weighted by molar-refractivity contribution is 5.96. The summed E-state index contributed by atoms with van der Waals surface area (Å²) in [6.07, 6.45) is 21.2. The Hall–Kier alpha value is -1.11. The average molecular weight is 359 g/mol. The third-order valence-electron chi connectivity index (χ3n) is 5.38. The predicted molar refractivity (Wildman–Crippen MR) is 115 cm³/mol. The molecule has 0 N–H and O–H groups in total. The van der Waals surface area contributed by atoms with Crippen molar-refractivity contribution in [3.63, 3.8) is 0 Å². The monoisotopic (exact) mass is 358 g/mol. The predicted octanol–water partition coefficient (Wildman–Crippen LogP) is 8.44. The second-order valence-corrected chi connectivity index (χ2v) is 7.99. The first kappa shape index (κ1) is 22.9. The maximum atomic E-state index is 12.1. The average Bonchev–Trinajstić information content (AvgIpc) is 2.65. The molecule has 0 bridgehead atoms. The number of Topliss-reactive ketones (excluding diaryl/α,β-unsaturated/α-hetero) is 1. The summed E-state index contributed by atoms with van der Waals surface area (Å²) < 4.78 is 0. The van der Waals surface area contributed by atoms with Gasteiger partial charge in [-0.15, -0.1) is 0 Å². The van der Waals surface area contributed by atoms with Crippen LogP contribution in [0.2, 0.25) is 0 Å². The van der Waals surface area contributed by atoms with Gasteiger partial charge >= 0.3 is 0 Å². The van der Waals surface area contributed by atoms with Crippen molar-refractivity contribution >= 4 is 5.78 Å². The molecule has 0 unspecified atom stereocenters. The lowest BCUT2D eigenvalue weighted by atomic mass is 10.0. The van der Waals surface area contributed by atoms with E-state index in [0.717, 1.165) is 12.0 Å². The van der Waals surface area contributed by atoms with E-state index in [2.05, 4.69) is 13.8 Å². The summed E-state index contributed by atoms with van der Waals surface area (Å²) in [4.78, 5) is 12.1. The number of carbonyl (C=O) groups is 1. The molecule has 26 heavy (non-hydrogen) atoms. The molecule has 0 saturated carbocycles. The van der Waals surface area contributed by atoms with Crippen LogP contribution in [0, 0.1) is 6.92 Å². The van der Waals surface area contributed by atoms with Crippen LogP contribution in [0.1, 0.15) is 126 Å². The molecule has 1 aromatic rings. The van der Waals surface area contributed by atoms with Gasteiger partial charge in [-0.25, -0.2) is 0 Å². The molecule has 1 heteroatoms. The number of aryl methyl sites for hydroxylation is 1. The number of hydrogen-bond donors (Lipinski definition) is 0. The van der Waals surface area contributed by atoms with E-state index in [9.17, 15) is 4.79 Å². The zero-order valence-electron chi connectivity index (χ0n) is 17.5. The summed E-state index contributed by atoms with van der Waals surface area (Å²) in [5.41, 5.74) is 2.09. The molecule has 0 aliphatic carbocycles. The minimum absolute atomic E-state index is 0.305. The number of unbranched alkanes of at least 4 members (excludes halogenated alkanes) is 14. The van der Waals surface area contributed by atoms with Gasteiger partial charge in [-0.1, -0.05) is 127 Å². The maximum Gasteiger partial charge on any atom is 0.162 e. The molecule has 0 aliphatic rings. The van der Waals surface area contributed by atoms with E-state index in [1.807, 2.05) is 24.3 Å². The summed E-state index contributed by atoms with van der Waals surface area (Å²) in [5.74, 6) is 0.305. The Kier molecular flexibility index (Phi) is 14.2. The van der Waals surface area contributed by atoms with Crippen LogP contribution in [0.4, 0.5) is 0 Å². The summed E-state index contributed by atoms with van der Waals surface area (Å²) in [6.45, 7) is 4.34. The Bertz CT molecular complexity index is 446. The lowest BCUT2D eigenvalue weighted by molar-refractivity contribution is 0.0979. The van der Waals surface area contributed by atoms with E-state index in [-0.39, 0.29) is 0 Å². The van der Waals surface area contributed by atoms with Gasteiger partial charge in [0.05, 0.1) is 0 Å². The van der Waals surface area contributed by atoms with Gasteiger partial charge < -0.3 is 0 Å². The standard InChI is InChI=1S/C25H42O/c1-3-4-5-6-7-8-9-10-11-12-13-14-15-16-17-18-25(26)24-21-19-23(2)20-22-24/h19-22H,3-18H2,1-2H3. The number of benzene rings is 1. The van der Waals surface area contributed by atoms with Crippen LogP contribution in [0.25, 0.3) is 0 Å². The molecule has 0 radical (unpaired) electrons. The highest BCUT2D eigenvalue weighted by Gasteiger charge is 2.04. The molecule has 0 atom stereocenters. The molecule has 0 aliphatic heterocycles. The number of rotatable bonds is 17. The fraction of sp³-hybridized carbons (Fsp3) is 0.720. The molecule has 0 amide bonds. The second kappa shape index (κ2) is 16.1. The van der Waals surface area contributed by atoms with Gasteiger partial charge in [0.15, 0.2) is 5.78 Å². The van der Waals surface area contributed by atoms with E-state index in [0.29, 0.717) is 12.2 Å². The summed E-state index contributed by atoms with van der Waals surface area (Å²) in [5, 5.41) is 0. The zero-order valence-corrected chi connectivity index (χ0v) is 17.5. The molecule has 1 rings (SSSR count). The molecule has 0 heterocycles. The van der Waals surface area contributed by atoms with Gasteiger partial charge in [0, 0.05) is 12.0 Å². The topological polar surface area (TPSA) is 17.1 Å².